The first-order valence-corrected chi connectivity index (χ1v) is 6.12. The molecule has 0 radical (unpaired) electrons. The lowest BCUT2D eigenvalue weighted by Gasteiger charge is -2.12. The van der Waals surface area contributed by atoms with E-state index in [1.54, 1.807) is 11.1 Å². The van der Waals surface area contributed by atoms with Gasteiger partial charge in [-0.25, -0.2) is 5.84 Å². The van der Waals surface area contributed by atoms with Gasteiger partial charge in [0.1, 0.15) is 0 Å². The van der Waals surface area contributed by atoms with Gasteiger partial charge in [-0.3, -0.25) is 10.4 Å². The average molecular weight is 275 g/mol. The Labute approximate surface area is 117 Å². The van der Waals surface area contributed by atoms with E-state index in [1.165, 1.54) is 0 Å². The molecule has 0 unspecified atom stereocenters. The van der Waals surface area contributed by atoms with Gasteiger partial charge in [-0.05, 0) is 12.1 Å². The van der Waals surface area contributed by atoms with Crippen molar-refractivity contribution in [1.29, 1.82) is 0 Å². The topological polar surface area (TPSA) is 102 Å². The maximum absolute atomic E-state index is 5.52. The highest BCUT2D eigenvalue weighted by Gasteiger charge is 2.08. The summed E-state index contributed by atoms with van der Waals surface area (Å²) in [4.78, 5) is 18.3. The Morgan fingerprint density at radius 2 is 2.10 bits per heavy atom. The molecule has 2 aromatic heterocycles. The van der Waals surface area contributed by atoms with Crippen LogP contribution >= 0.6 is 0 Å². The van der Waals surface area contributed by atoms with Crippen molar-refractivity contribution in [1.82, 2.24) is 19.9 Å². The molecule has 2 rings (SSSR count). The molecule has 0 aliphatic carbocycles. The van der Waals surface area contributed by atoms with E-state index in [0.29, 0.717) is 19.0 Å². The predicted molar refractivity (Wildman–Crippen MR) is 75.4 cm³/mol. The molecule has 0 aromatic carbocycles. The zero-order chi connectivity index (χ0) is 14.4. The van der Waals surface area contributed by atoms with E-state index in [-0.39, 0.29) is 12.0 Å². The van der Waals surface area contributed by atoms with Crippen LogP contribution in [0.5, 0.6) is 6.01 Å². The summed E-state index contributed by atoms with van der Waals surface area (Å²) in [5, 5.41) is 0. The second-order valence-electron chi connectivity index (χ2n) is 4.20. The van der Waals surface area contributed by atoms with Crippen LogP contribution in [0, 0.1) is 0 Å². The minimum atomic E-state index is 0.229. The number of hydrazine groups is 1. The van der Waals surface area contributed by atoms with Crippen molar-refractivity contribution in [3.63, 3.8) is 0 Å². The quantitative estimate of drug-likeness (QED) is 0.571. The smallest absolute Gasteiger partial charge is 0.323 e. The summed E-state index contributed by atoms with van der Waals surface area (Å²) in [6.07, 6.45) is 2.42. The van der Waals surface area contributed by atoms with Gasteiger partial charge in [0.15, 0.2) is 0 Å². The fourth-order valence-electron chi connectivity index (χ4n) is 1.47. The third kappa shape index (κ3) is 3.75. The van der Waals surface area contributed by atoms with Crippen LogP contribution < -0.4 is 20.9 Å². The number of nitrogens with two attached hydrogens (primary N) is 1. The van der Waals surface area contributed by atoms with E-state index in [0.717, 1.165) is 5.69 Å². The van der Waals surface area contributed by atoms with Gasteiger partial charge in [0, 0.05) is 32.4 Å². The van der Waals surface area contributed by atoms with Gasteiger partial charge in [-0.2, -0.15) is 15.0 Å². The van der Waals surface area contributed by atoms with Crippen LogP contribution in [0.2, 0.25) is 0 Å². The molecule has 0 fully saturated rings. The summed E-state index contributed by atoms with van der Waals surface area (Å²) in [6, 6.07) is 5.98. The lowest BCUT2D eigenvalue weighted by atomic mass is 10.3. The van der Waals surface area contributed by atoms with Crippen LogP contribution in [0.3, 0.4) is 0 Å². The number of anilines is 2. The van der Waals surface area contributed by atoms with Crippen molar-refractivity contribution in [2.24, 2.45) is 5.84 Å². The van der Waals surface area contributed by atoms with Crippen LogP contribution in [0.15, 0.2) is 24.4 Å². The molecular weight excluding hydrogens is 258 g/mol. The van der Waals surface area contributed by atoms with Crippen molar-refractivity contribution in [3.8, 4) is 6.01 Å². The zero-order valence-corrected chi connectivity index (χ0v) is 11.4. The van der Waals surface area contributed by atoms with Gasteiger partial charge < -0.3 is 9.64 Å². The molecule has 0 bridgehead atoms. The number of nitrogens with one attached hydrogen (secondary N) is 1. The van der Waals surface area contributed by atoms with Crippen molar-refractivity contribution >= 4 is 11.9 Å². The lowest BCUT2D eigenvalue weighted by molar-refractivity contribution is 0.294. The zero-order valence-electron chi connectivity index (χ0n) is 11.4. The molecule has 0 atom stereocenters. The Balaban J connectivity index is 2.00. The van der Waals surface area contributed by atoms with Crippen molar-refractivity contribution in [3.05, 3.63) is 30.1 Å². The molecule has 8 heteroatoms. The minimum Gasteiger partial charge on any atom is -0.463 e. The highest BCUT2D eigenvalue weighted by atomic mass is 16.5. The molecule has 2 heterocycles. The van der Waals surface area contributed by atoms with Gasteiger partial charge in [0.05, 0.1) is 6.61 Å². The van der Waals surface area contributed by atoms with Gasteiger partial charge in [-0.15, -0.1) is 0 Å². The monoisotopic (exact) mass is 275 g/mol. The Morgan fingerprint density at radius 3 is 2.75 bits per heavy atom. The Hall–Kier alpha value is -2.48. The highest BCUT2D eigenvalue weighted by molar-refractivity contribution is 5.36. The summed E-state index contributed by atoms with van der Waals surface area (Å²) in [5.74, 6) is 6.05. The van der Waals surface area contributed by atoms with Crippen molar-refractivity contribution < 1.29 is 4.74 Å². The lowest BCUT2D eigenvalue weighted by Crippen LogP contribution is -2.18. The van der Waals surface area contributed by atoms with Crippen molar-refractivity contribution in [2.45, 2.75) is 6.42 Å². The van der Waals surface area contributed by atoms with Gasteiger partial charge >= 0.3 is 6.01 Å². The number of nitrogens with zero attached hydrogens (tertiary/aromatic N) is 5. The number of pyridine rings is 1. The van der Waals surface area contributed by atoms with E-state index in [2.05, 4.69) is 25.4 Å². The van der Waals surface area contributed by atoms with E-state index in [1.807, 2.05) is 32.3 Å². The molecule has 0 saturated heterocycles. The molecule has 0 amide bonds. The molecule has 0 aliphatic rings. The molecule has 0 saturated carbocycles. The largest absolute Gasteiger partial charge is 0.463 e. The number of ether oxygens (including phenoxy) is 1. The maximum Gasteiger partial charge on any atom is 0.323 e. The fraction of sp³-hybridized carbons (Fsp3) is 0.333. The number of nitrogen functional groups attached to an aromatic ring is 1. The standard InChI is InChI=1S/C12H17N7O/c1-19(2)11-15-10(18-13)16-12(17-11)20-8-6-9-5-3-4-7-14-9/h3-5,7H,6,8,13H2,1-2H3,(H,15,16,17,18). The third-order valence-corrected chi connectivity index (χ3v) is 2.45. The van der Waals surface area contributed by atoms with E-state index < -0.39 is 0 Å². The van der Waals surface area contributed by atoms with E-state index in [4.69, 9.17) is 10.6 Å². The first-order valence-electron chi connectivity index (χ1n) is 6.12. The maximum atomic E-state index is 5.52. The molecule has 3 N–H and O–H groups in total. The Kier molecular flexibility index (Phi) is 4.61. The predicted octanol–water partition coefficient (Wildman–Crippen LogP) is 0.240. The third-order valence-electron chi connectivity index (χ3n) is 2.45. The second kappa shape index (κ2) is 6.62. The average Bonchev–Trinajstić information content (AvgIpc) is 2.48. The second-order valence-corrected chi connectivity index (χ2v) is 4.20. The number of hydrogen-bond donors (Lipinski definition) is 2. The van der Waals surface area contributed by atoms with Crippen molar-refractivity contribution in [2.75, 3.05) is 31.0 Å². The fourth-order valence-corrected chi connectivity index (χ4v) is 1.47. The normalized spacial score (nSPS) is 10.2. The molecular formula is C12H17N7O. The minimum absolute atomic E-state index is 0.229. The first kappa shape index (κ1) is 13.9. The number of hydrogen-bond acceptors (Lipinski definition) is 8. The summed E-state index contributed by atoms with van der Waals surface area (Å²) in [6.45, 7) is 0.428. The van der Waals surface area contributed by atoms with Gasteiger partial charge in [0.25, 0.3) is 0 Å². The number of rotatable bonds is 6. The molecule has 2 aromatic rings. The summed E-state index contributed by atoms with van der Waals surface area (Å²) in [5.41, 5.74) is 3.34. The number of aromatic nitrogens is 4. The summed E-state index contributed by atoms with van der Waals surface area (Å²) < 4.78 is 5.52. The van der Waals surface area contributed by atoms with Crippen LogP contribution in [0.1, 0.15) is 5.69 Å². The van der Waals surface area contributed by atoms with Gasteiger partial charge in [0.2, 0.25) is 11.9 Å². The Morgan fingerprint density at radius 1 is 1.25 bits per heavy atom. The SMILES string of the molecule is CN(C)c1nc(NN)nc(OCCc2ccccn2)n1. The summed E-state index contributed by atoms with van der Waals surface area (Å²) >= 11 is 0. The van der Waals surface area contributed by atoms with E-state index >= 15 is 0 Å². The molecule has 8 nitrogen and oxygen atoms in total. The summed E-state index contributed by atoms with van der Waals surface area (Å²) in [7, 11) is 3.65. The van der Waals surface area contributed by atoms with Crippen LogP contribution in [-0.4, -0.2) is 40.6 Å². The van der Waals surface area contributed by atoms with Crippen LogP contribution in [-0.2, 0) is 6.42 Å². The van der Waals surface area contributed by atoms with Gasteiger partial charge in [-0.1, -0.05) is 6.07 Å². The molecule has 0 spiro atoms. The van der Waals surface area contributed by atoms with E-state index in [9.17, 15) is 0 Å². The molecule has 0 aliphatic heterocycles. The molecule has 20 heavy (non-hydrogen) atoms. The highest BCUT2D eigenvalue weighted by Crippen LogP contribution is 2.12. The first-order chi connectivity index (χ1) is 9.69. The van der Waals surface area contributed by atoms with Crippen LogP contribution in [0.25, 0.3) is 0 Å². The molecule has 106 valence electrons. The van der Waals surface area contributed by atoms with Crippen LogP contribution in [0.4, 0.5) is 11.9 Å². The Bertz CT molecular complexity index is 547.